The van der Waals surface area contributed by atoms with Crippen LogP contribution in [-0.4, -0.2) is 20.8 Å². The predicted octanol–water partition coefficient (Wildman–Crippen LogP) is 2.34. The summed E-state index contributed by atoms with van der Waals surface area (Å²) in [6.45, 7) is 2.10. The predicted molar refractivity (Wildman–Crippen MR) is 62.7 cm³/mol. The second kappa shape index (κ2) is 4.94. The molecule has 0 aromatic carbocycles. The molecule has 0 spiro atoms. The maximum absolute atomic E-state index is 11.6. The molecule has 0 aliphatic carbocycles. The number of sulfonamides is 1. The van der Waals surface area contributed by atoms with Crippen molar-refractivity contribution in [1.82, 2.24) is 4.72 Å². The van der Waals surface area contributed by atoms with Crippen LogP contribution in [-0.2, 0) is 10.0 Å². The van der Waals surface area contributed by atoms with Crippen LogP contribution in [0.2, 0.25) is 0 Å². The Morgan fingerprint density at radius 3 is 2.71 bits per heavy atom. The number of hydrogen-bond donors (Lipinski definition) is 1. The Morgan fingerprint density at radius 2 is 2.29 bits per heavy atom. The van der Waals surface area contributed by atoms with Crippen molar-refractivity contribution in [2.75, 3.05) is 12.4 Å². The topological polar surface area (TPSA) is 46.2 Å². The number of thiophene rings is 1. The molecule has 80 valence electrons. The van der Waals surface area contributed by atoms with Crippen LogP contribution in [0.1, 0.15) is 5.56 Å². The van der Waals surface area contributed by atoms with Gasteiger partial charge >= 0.3 is 0 Å². The maximum atomic E-state index is 11.6. The zero-order chi connectivity index (χ0) is 10.8. The molecule has 7 heteroatoms. The quantitative estimate of drug-likeness (QED) is 0.866. The third-order valence-corrected chi connectivity index (χ3v) is 5.75. The van der Waals surface area contributed by atoms with Crippen LogP contribution >= 0.6 is 38.9 Å². The second-order valence-electron chi connectivity index (χ2n) is 2.61. The van der Waals surface area contributed by atoms with E-state index in [1.165, 1.54) is 11.3 Å². The molecule has 0 saturated heterocycles. The van der Waals surface area contributed by atoms with Crippen molar-refractivity contribution in [2.24, 2.45) is 0 Å². The molecule has 0 atom stereocenters. The molecular weight excluding hydrogens is 310 g/mol. The van der Waals surface area contributed by atoms with E-state index in [1.54, 1.807) is 6.07 Å². The maximum Gasteiger partial charge on any atom is 0.250 e. The van der Waals surface area contributed by atoms with Gasteiger partial charge < -0.3 is 0 Å². The minimum atomic E-state index is -3.37. The largest absolute Gasteiger partial charge is 0.250 e. The van der Waals surface area contributed by atoms with Gasteiger partial charge in [-0.3, -0.25) is 0 Å². The monoisotopic (exact) mass is 317 g/mol. The highest BCUT2D eigenvalue weighted by molar-refractivity contribution is 9.11. The van der Waals surface area contributed by atoms with E-state index >= 15 is 0 Å². The average Bonchev–Trinajstić information content (AvgIpc) is 2.45. The Morgan fingerprint density at radius 1 is 1.64 bits per heavy atom. The smallest absolute Gasteiger partial charge is 0.209 e. The molecule has 0 fully saturated rings. The highest BCUT2D eigenvalue weighted by Gasteiger charge is 2.17. The van der Waals surface area contributed by atoms with Crippen LogP contribution < -0.4 is 4.72 Å². The number of alkyl halides is 1. The summed E-state index contributed by atoms with van der Waals surface area (Å²) < 4.78 is 26.7. The number of rotatable bonds is 4. The van der Waals surface area contributed by atoms with Crippen LogP contribution in [0.15, 0.2) is 14.1 Å². The van der Waals surface area contributed by atoms with Crippen molar-refractivity contribution < 1.29 is 8.42 Å². The van der Waals surface area contributed by atoms with Gasteiger partial charge in [-0.25, -0.2) is 13.1 Å². The molecule has 0 bridgehead atoms. The lowest BCUT2D eigenvalue weighted by molar-refractivity contribution is 0.586. The summed E-state index contributed by atoms with van der Waals surface area (Å²) in [5.74, 6) is 0.269. The molecule has 14 heavy (non-hydrogen) atoms. The van der Waals surface area contributed by atoms with E-state index < -0.39 is 10.0 Å². The van der Waals surface area contributed by atoms with E-state index in [0.717, 1.165) is 9.35 Å². The first kappa shape index (κ1) is 12.4. The molecule has 1 N–H and O–H groups in total. The Hall–Kier alpha value is 0.380. The van der Waals surface area contributed by atoms with Gasteiger partial charge in [0.05, 0.1) is 3.79 Å². The van der Waals surface area contributed by atoms with Gasteiger partial charge in [0.25, 0.3) is 0 Å². The Kier molecular flexibility index (Phi) is 4.39. The van der Waals surface area contributed by atoms with E-state index in [4.69, 9.17) is 11.6 Å². The molecule has 1 aromatic rings. The first-order valence-corrected chi connectivity index (χ1v) is 7.41. The first-order chi connectivity index (χ1) is 6.47. The molecule has 1 rings (SSSR count). The van der Waals surface area contributed by atoms with Crippen molar-refractivity contribution in [3.63, 3.8) is 0 Å². The third kappa shape index (κ3) is 2.93. The van der Waals surface area contributed by atoms with Gasteiger partial charge in [0.2, 0.25) is 10.0 Å². The van der Waals surface area contributed by atoms with Gasteiger partial charge in [0, 0.05) is 12.4 Å². The normalized spacial score (nSPS) is 11.9. The number of aryl methyl sites for hydroxylation is 1. The van der Waals surface area contributed by atoms with Gasteiger partial charge in [-0.15, -0.1) is 22.9 Å². The number of nitrogens with one attached hydrogen (secondary N) is 1. The highest BCUT2D eigenvalue weighted by atomic mass is 79.9. The van der Waals surface area contributed by atoms with Crippen LogP contribution in [0, 0.1) is 6.92 Å². The molecule has 0 radical (unpaired) electrons. The molecule has 3 nitrogen and oxygen atoms in total. The van der Waals surface area contributed by atoms with E-state index in [9.17, 15) is 8.42 Å². The zero-order valence-electron chi connectivity index (χ0n) is 7.38. The van der Waals surface area contributed by atoms with Crippen LogP contribution in [0.5, 0.6) is 0 Å². The van der Waals surface area contributed by atoms with Crippen LogP contribution in [0.25, 0.3) is 0 Å². The Labute approximate surface area is 101 Å². The summed E-state index contributed by atoms with van der Waals surface area (Å²) in [6, 6.07) is 1.63. The molecule has 0 unspecified atom stereocenters. The zero-order valence-corrected chi connectivity index (χ0v) is 11.4. The van der Waals surface area contributed by atoms with E-state index in [0.29, 0.717) is 4.21 Å². The summed E-state index contributed by atoms with van der Waals surface area (Å²) in [7, 11) is -3.37. The summed E-state index contributed by atoms with van der Waals surface area (Å²) in [6.07, 6.45) is 0. The fourth-order valence-electron chi connectivity index (χ4n) is 0.808. The lowest BCUT2D eigenvalue weighted by Gasteiger charge is -2.00. The highest BCUT2D eigenvalue weighted by Crippen LogP contribution is 2.30. The summed E-state index contributed by atoms with van der Waals surface area (Å²) in [5, 5.41) is 0. The molecule has 0 saturated carbocycles. The van der Waals surface area contributed by atoms with Gasteiger partial charge in [0.15, 0.2) is 0 Å². The van der Waals surface area contributed by atoms with Gasteiger partial charge in [-0.1, -0.05) is 0 Å². The van der Waals surface area contributed by atoms with Gasteiger partial charge in [-0.05, 0) is 34.5 Å². The Bertz CT molecular complexity index is 396. The standard InChI is InChI=1S/C7H9BrClNO2S2/c1-5-4-6(13-7(5)8)14(11,12)10-3-2-9/h4,10H,2-3H2,1H3. The molecular formula is C7H9BrClNO2S2. The van der Waals surface area contributed by atoms with Crippen molar-refractivity contribution in [3.8, 4) is 0 Å². The van der Waals surface area contributed by atoms with Crippen molar-refractivity contribution in [1.29, 1.82) is 0 Å². The minimum Gasteiger partial charge on any atom is -0.209 e. The molecule has 1 aromatic heterocycles. The van der Waals surface area contributed by atoms with Crippen molar-refractivity contribution in [3.05, 3.63) is 15.4 Å². The summed E-state index contributed by atoms with van der Waals surface area (Å²) in [4.78, 5) is 0. The lowest BCUT2D eigenvalue weighted by Crippen LogP contribution is -2.24. The third-order valence-electron chi connectivity index (χ3n) is 1.49. The van der Waals surface area contributed by atoms with Crippen LogP contribution in [0.3, 0.4) is 0 Å². The molecule has 1 heterocycles. The fraction of sp³-hybridized carbons (Fsp3) is 0.429. The molecule has 0 aliphatic rings. The van der Waals surface area contributed by atoms with Crippen LogP contribution in [0.4, 0.5) is 0 Å². The Balaban J connectivity index is 2.93. The van der Waals surface area contributed by atoms with E-state index in [2.05, 4.69) is 20.7 Å². The van der Waals surface area contributed by atoms with E-state index in [1.807, 2.05) is 6.92 Å². The van der Waals surface area contributed by atoms with E-state index in [-0.39, 0.29) is 12.4 Å². The van der Waals surface area contributed by atoms with Crippen molar-refractivity contribution in [2.45, 2.75) is 11.1 Å². The average molecular weight is 319 g/mol. The summed E-state index contributed by atoms with van der Waals surface area (Å²) >= 11 is 9.87. The minimum absolute atomic E-state index is 0.248. The second-order valence-corrected chi connectivity index (χ2v) is 7.35. The SMILES string of the molecule is Cc1cc(S(=O)(=O)NCCCl)sc1Br. The van der Waals surface area contributed by atoms with Crippen molar-refractivity contribution >= 4 is 48.9 Å². The first-order valence-electron chi connectivity index (χ1n) is 3.79. The van der Waals surface area contributed by atoms with Gasteiger partial charge in [0.1, 0.15) is 4.21 Å². The molecule has 0 aliphatic heterocycles. The fourth-order valence-corrected chi connectivity index (χ4v) is 4.32. The van der Waals surface area contributed by atoms with Gasteiger partial charge in [-0.2, -0.15) is 0 Å². The summed E-state index contributed by atoms with van der Waals surface area (Å²) in [5.41, 5.74) is 0.918. The number of hydrogen-bond acceptors (Lipinski definition) is 3. The number of halogens is 2. The lowest BCUT2D eigenvalue weighted by atomic mass is 10.4. The molecule has 0 amide bonds.